The SMILES string of the molecule is N#Cc1cccc(-c2cccc(CN3CCc4nc(C(F)(F)F)ncc4C3)n2)c1. The molecule has 3 aromatic rings. The van der Waals surface area contributed by atoms with Crippen LogP contribution in [0.2, 0.25) is 0 Å². The second-order valence-electron chi connectivity index (χ2n) is 6.83. The molecule has 146 valence electrons. The van der Waals surface area contributed by atoms with E-state index in [4.69, 9.17) is 5.26 Å². The average Bonchev–Trinajstić information content (AvgIpc) is 2.73. The van der Waals surface area contributed by atoms with Gasteiger partial charge in [-0.05, 0) is 24.3 Å². The first-order chi connectivity index (χ1) is 13.9. The molecule has 1 aromatic carbocycles. The Morgan fingerprint density at radius 2 is 1.93 bits per heavy atom. The Labute approximate surface area is 165 Å². The second-order valence-corrected chi connectivity index (χ2v) is 6.83. The Balaban J connectivity index is 1.50. The third-order valence-corrected chi connectivity index (χ3v) is 4.75. The third-order valence-electron chi connectivity index (χ3n) is 4.75. The summed E-state index contributed by atoms with van der Waals surface area (Å²) in [7, 11) is 0. The number of nitrogens with zero attached hydrogens (tertiary/aromatic N) is 5. The summed E-state index contributed by atoms with van der Waals surface area (Å²) >= 11 is 0. The summed E-state index contributed by atoms with van der Waals surface area (Å²) in [6.45, 7) is 1.63. The van der Waals surface area contributed by atoms with E-state index in [9.17, 15) is 13.2 Å². The van der Waals surface area contributed by atoms with Crippen LogP contribution in [0, 0.1) is 11.3 Å². The van der Waals surface area contributed by atoms with Crippen molar-refractivity contribution in [3.63, 3.8) is 0 Å². The van der Waals surface area contributed by atoms with E-state index in [1.807, 2.05) is 30.3 Å². The Morgan fingerprint density at radius 1 is 1.10 bits per heavy atom. The molecule has 0 unspecified atom stereocenters. The topological polar surface area (TPSA) is 65.7 Å². The number of rotatable bonds is 3. The summed E-state index contributed by atoms with van der Waals surface area (Å²) in [5.74, 6) is -1.08. The molecule has 0 saturated heterocycles. The molecule has 0 N–H and O–H groups in total. The normalized spacial score (nSPS) is 14.3. The van der Waals surface area contributed by atoms with Gasteiger partial charge in [0.1, 0.15) is 0 Å². The molecule has 0 amide bonds. The summed E-state index contributed by atoms with van der Waals surface area (Å²) in [6.07, 6.45) is -2.82. The van der Waals surface area contributed by atoms with Gasteiger partial charge in [-0.1, -0.05) is 18.2 Å². The van der Waals surface area contributed by atoms with Crippen molar-refractivity contribution < 1.29 is 13.2 Å². The number of fused-ring (bicyclic) bond motifs is 1. The van der Waals surface area contributed by atoms with Crippen molar-refractivity contribution in [1.82, 2.24) is 19.9 Å². The van der Waals surface area contributed by atoms with Gasteiger partial charge >= 0.3 is 6.18 Å². The van der Waals surface area contributed by atoms with Crippen LogP contribution < -0.4 is 0 Å². The van der Waals surface area contributed by atoms with Crippen LogP contribution in [0.3, 0.4) is 0 Å². The lowest BCUT2D eigenvalue weighted by Gasteiger charge is -2.27. The number of pyridine rings is 1. The van der Waals surface area contributed by atoms with Gasteiger partial charge < -0.3 is 0 Å². The monoisotopic (exact) mass is 395 g/mol. The largest absolute Gasteiger partial charge is 0.451 e. The second kappa shape index (κ2) is 7.60. The quantitative estimate of drug-likeness (QED) is 0.671. The molecule has 8 heteroatoms. The highest BCUT2D eigenvalue weighted by Crippen LogP contribution is 2.28. The molecule has 3 heterocycles. The first-order valence-electron chi connectivity index (χ1n) is 9.03. The van der Waals surface area contributed by atoms with Crippen molar-refractivity contribution in [3.8, 4) is 17.3 Å². The van der Waals surface area contributed by atoms with Crippen molar-refractivity contribution in [2.75, 3.05) is 6.54 Å². The summed E-state index contributed by atoms with van der Waals surface area (Å²) in [5.41, 5.74) is 4.22. The van der Waals surface area contributed by atoms with Crippen molar-refractivity contribution >= 4 is 0 Å². The van der Waals surface area contributed by atoms with E-state index in [1.165, 1.54) is 6.20 Å². The third kappa shape index (κ3) is 4.25. The van der Waals surface area contributed by atoms with Crippen LogP contribution in [0.4, 0.5) is 13.2 Å². The van der Waals surface area contributed by atoms with Crippen LogP contribution in [-0.2, 0) is 25.7 Å². The van der Waals surface area contributed by atoms with E-state index in [0.29, 0.717) is 42.9 Å². The minimum Gasteiger partial charge on any atom is -0.293 e. The minimum absolute atomic E-state index is 0.435. The zero-order valence-corrected chi connectivity index (χ0v) is 15.3. The van der Waals surface area contributed by atoms with Crippen LogP contribution in [0.1, 0.15) is 28.3 Å². The van der Waals surface area contributed by atoms with Crippen molar-refractivity contribution in [2.45, 2.75) is 25.7 Å². The molecule has 4 rings (SSSR count). The Kier molecular flexibility index (Phi) is 4.99. The van der Waals surface area contributed by atoms with Gasteiger partial charge in [0.15, 0.2) is 0 Å². The molecule has 2 aromatic heterocycles. The predicted octanol–water partition coefficient (Wildman–Crippen LogP) is 3.99. The van der Waals surface area contributed by atoms with Crippen LogP contribution in [-0.4, -0.2) is 26.4 Å². The Hall–Kier alpha value is -3.31. The zero-order chi connectivity index (χ0) is 20.4. The fourth-order valence-electron chi connectivity index (χ4n) is 3.35. The number of alkyl halides is 3. The summed E-state index contributed by atoms with van der Waals surface area (Å²) in [4.78, 5) is 14.0. The number of aromatic nitrogens is 3. The fraction of sp³-hybridized carbons (Fsp3) is 0.238. The molecule has 0 aliphatic carbocycles. The molecule has 1 aliphatic heterocycles. The highest BCUT2D eigenvalue weighted by molar-refractivity contribution is 5.61. The highest BCUT2D eigenvalue weighted by atomic mass is 19.4. The van der Waals surface area contributed by atoms with Crippen LogP contribution in [0.15, 0.2) is 48.7 Å². The van der Waals surface area contributed by atoms with Gasteiger partial charge in [-0.25, -0.2) is 9.97 Å². The predicted molar refractivity (Wildman–Crippen MR) is 99.2 cm³/mol. The van der Waals surface area contributed by atoms with Crippen molar-refractivity contribution in [1.29, 1.82) is 5.26 Å². The molecule has 0 fully saturated rings. The van der Waals surface area contributed by atoms with Gasteiger partial charge in [-0.2, -0.15) is 18.4 Å². The molecular formula is C21H16F3N5. The van der Waals surface area contributed by atoms with Crippen molar-refractivity contribution in [3.05, 3.63) is 77.0 Å². The Morgan fingerprint density at radius 3 is 2.72 bits per heavy atom. The number of benzene rings is 1. The van der Waals surface area contributed by atoms with E-state index in [2.05, 4.69) is 25.9 Å². The maximum Gasteiger partial charge on any atom is 0.451 e. The Bertz CT molecular complexity index is 1090. The molecule has 0 bridgehead atoms. The van der Waals surface area contributed by atoms with Gasteiger partial charge in [-0.15, -0.1) is 0 Å². The van der Waals surface area contributed by atoms with E-state index in [0.717, 1.165) is 17.0 Å². The standard InChI is InChI=1S/C21H16F3N5/c22-21(23,24)20-26-11-16-12-29(8-7-19(16)28-20)13-17-5-2-6-18(27-17)15-4-1-3-14(9-15)10-25/h1-6,9,11H,7-8,12-13H2. The number of halogens is 3. The number of hydrogen-bond donors (Lipinski definition) is 0. The van der Waals surface area contributed by atoms with E-state index < -0.39 is 12.0 Å². The van der Waals surface area contributed by atoms with Gasteiger partial charge in [-0.3, -0.25) is 9.88 Å². The lowest BCUT2D eigenvalue weighted by atomic mass is 10.1. The molecule has 29 heavy (non-hydrogen) atoms. The zero-order valence-electron chi connectivity index (χ0n) is 15.3. The molecular weight excluding hydrogens is 379 g/mol. The summed E-state index contributed by atoms with van der Waals surface area (Å²) in [6, 6.07) is 15.1. The first kappa shape index (κ1) is 19.0. The number of nitriles is 1. The molecule has 0 radical (unpaired) electrons. The summed E-state index contributed by atoms with van der Waals surface area (Å²) in [5, 5.41) is 9.07. The van der Waals surface area contributed by atoms with E-state index in [1.54, 1.807) is 12.1 Å². The van der Waals surface area contributed by atoms with E-state index >= 15 is 0 Å². The van der Waals surface area contributed by atoms with Crippen LogP contribution >= 0.6 is 0 Å². The van der Waals surface area contributed by atoms with Crippen molar-refractivity contribution in [2.24, 2.45) is 0 Å². The van der Waals surface area contributed by atoms with Gasteiger partial charge in [0.25, 0.3) is 0 Å². The fourth-order valence-corrected chi connectivity index (χ4v) is 3.35. The lowest BCUT2D eigenvalue weighted by Crippen LogP contribution is -2.32. The van der Waals surface area contributed by atoms with E-state index in [-0.39, 0.29) is 0 Å². The molecule has 0 atom stereocenters. The number of hydrogen-bond acceptors (Lipinski definition) is 5. The van der Waals surface area contributed by atoms with Gasteiger partial charge in [0.2, 0.25) is 5.82 Å². The molecule has 5 nitrogen and oxygen atoms in total. The minimum atomic E-state index is -4.53. The molecule has 0 saturated carbocycles. The lowest BCUT2D eigenvalue weighted by molar-refractivity contribution is -0.145. The molecule has 1 aliphatic rings. The van der Waals surface area contributed by atoms with Crippen LogP contribution in [0.25, 0.3) is 11.3 Å². The van der Waals surface area contributed by atoms with Crippen LogP contribution in [0.5, 0.6) is 0 Å². The molecule has 0 spiro atoms. The van der Waals surface area contributed by atoms with Gasteiger partial charge in [0.05, 0.1) is 28.7 Å². The van der Waals surface area contributed by atoms with Gasteiger partial charge in [0, 0.05) is 43.4 Å². The average molecular weight is 395 g/mol. The maximum absolute atomic E-state index is 12.8. The summed E-state index contributed by atoms with van der Waals surface area (Å²) < 4.78 is 38.4. The maximum atomic E-state index is 12.8. The first-order valence-corrected chi connectivity index (χ1v) is 9.03. The smallest absolute Gasteiger partial charge is 0.293 e. The highest BCUT2D eigenvalue weighted by Gasteiger charge is 2.35.